The minimum Gasteiger partial charge on any atom is -0.493 e. The summed E-state index contributed by atoms with van der Waals surface area (Å²) in [6, 6.07) is 5.39. The average molecular weight is 423 g/mol. The van der Waals surface area contributed by atoms with Crippen molar-refractivity contribution in [1.82, 2.24) is 5.32 Å². The lowest BCUT2D eigenvalue weighted by atomic mass is 10.1. The molecule has 0 heterocycles. The van der Waals surface area contributed by atoms with Crippen molar-refractivity contribution in [3.63, 3.8) is 0 Å². The summed E-state index contributed by atoms with van der Waals surface area (Å²) in [5.74, 6) is 1.20. The SMILES string of the molecule is CCCCCCCCCCCCCC(=O)NC(=S)Nc1ccc(OC)c(OC)c1. The summed E-state index contributed by atoms with van der Waals surface area (Å²) in [5, 5.41) is 6.04. The van der Waals surface area contributed by atoms with Gasteiger partial charge in [-0.25, -0.2) is 0 Å². The molecule has 1 aromatic carbocycles. The van der Waals surface area contributed by atoms with Gasteiger partial charge in [0.05, 0.1) is 14.2 Å². The van der Waals surface area contributed by atoms with Crippen LogP contribution < -0.4 is 20.1 Å². The molecule has 6 heteroatoms. The summed E-state index contributed by atoms with van der Waals surface area (Å²) < 4.78 is 10.5. The molecular formula is C23H38N2O3S. The number of hydrogen-bond acceptors (Lipinski definition) is 4. The second-order valence-electron chi connectivity index (χ2n) is 7.36. The van der Waals surface area contributed by atoms with E-state index >= 15 is 0 Å². The van der Waals surface area contributed by atoms with Gasteiger partial charge in [0, 0.05) is 18.2 Å². The topological polar surface area (TPSA) is 59.6 Å². The van der Waals surface area contributed by atoms with Crippen LogP contribution in [-0.2, 0) is 4.79 Å². The molecule has 2 N–H and O–H groups in total. The number of benzene rings is 1. The third kappa shape index (κ3) is 11.7. The van der Waals surface area contributed by atoms with Gasteiger partial charge in [-0.1, -0.05) is 71.1 Å². The summed E-state index contributed by atoms with van der Waals surface area (Å²) in [6.07, 6.45) is 14.5. The molecule has 1 amide bonds. The molecule has 0 aliphatic heterocycles. The van der Waals surface area contributed by atoms with Crippen LogP contribution in [0.1, 0.15) is 84.0 Å². The number of carbonyl (C=O) groups is 1. The van der Waals surface area contributed by atoms with Crippen LogP contribution in [0.4, 0.5) is 5.69 Å². The van der Waals surface area contributed by atoms with Gasteiger partial charge in [-0.05, 0) is 30.8 Å². The highest BCUT2D eigenvalue weighted by Gasteiger charge is 2.08. The number of anilines is 1. The molecule has 1 aromatic rings. The third-order valence-electron chi connectivity index (χ3n) is 4.90. The second-order valence-corrected chi connectivity index (χ2v) is 7.77. The Balaban J connectivity index is 2.10. The summed E-state index contributed by atoms with van der Waals surface area (Å²) >= 11 is 5.23. The van der Waals surface area contributed by atoms with Gasteiger partial charge < -0.3 is 20.1 Å². The van der Waals surface area contributed by atoms with Crippen molar-refractivity contribution in [3.8, 4) is 11.5 Å². The number of nitrogens with one attached hydrogen (secondary N) is 2. The molecule has 0 fully saturated rings. The van der Waals surface area contributed by atoms with E-state index in [1.807, 2.05) is 6.07 Å². The van der Waals surface area contributed by atoms with Gasteiger partial charge in [-0.3, -0.25) is 4.79 Å². The van der Waals surface area contributed by atoms with Crippen molar-refractivity contribution < 1.29 is 14.3 Å². The first-order valence-corrected chi connectivity index (χ1v) is 11.3. The highest BCUT2D eigenvalue weighted by atomic mass is 32.1. The van der Waals surface area contributed by atoms with E-state index < -0.39 is 0 Å². The Morgan fingerprint density at radius 1 is 0.862 bits per heavy atom. The molecule has 0 bridgehead atoms. The van der Waals surface area contributed by atoms with E-state index in [1.165, 1.54) is 57.8 Å². The van der Waals surface area contributed by atoms with Crippen LogP contribution in [0.5, 0.6) is 11.5 Å². The van der Waals surface area contributed by atoms with Crippen LogP contribution in [0.25, 0.3) is 0 Å². The Morgan fingerprint density at radius 2 is 1.41 bits per heavy atom. The van der Waals surface area contributed by atoms with E-state index in [2.05, 4.69) is 17.6 Å². The predicted molar refractivity (Wildman–Crippen MR) is 125 cm³/mol. The van der Waals surface area contributed by atoms with Crippen molar-refractivity contribution in [3.05, 3.63) is 18.2 Å². The number of rotatable bonds is 15. The quantitative estimate of drug-likeness (QED) is 0.260. The first-order chi connectivity index (χ1) is 14.1. The molecule has 1 rings (SSSR count). The van der Waals surface area contributed by atoms with E-state index in [0.29, 0.717) is 23.0 Å². The maximum atomic E-state index is 12.0. The summed E-state index contributed by atoms with van der Waals surface area (Å²) in [5.41, 5.74) is 0.739. The van der Waals surface area contributed by atoms with E-state index in [1.54, 1.807) is 26.4 Å². The lowest BCUT2D eigenvalue weighted by Gasteiger charge is -2.12. The monoisotopic (exact) mass is 422 g/mol. The Labute approximate surface area is 181 Å². The molecule has 5 nitrogen and oxygen atoms in total. The number of unbranched alkanes of at least 4 members (excludes halogenated alkanes) is 10. The van der Waals surface area contributed by atoms with Crippen LogP contribution in [0.3, 0.4) is 0 Å². The molecule has 0 saturated carbocycles. The van der Waals surface area contributed by atoms with Crippen molar-refractivity contribution in [1.29, 1.82) is 0 Å². The lowest BCUT2D eigenvalue weighted by Crippen LogP contribution is -2.33. The molecule has 0 radical (unpaired) electrons. The standard InChI is InChI=1S/C23H38N2O3S/c1-4-5-6-7-8-9-10-11-12-13-14-15-22(26)25-23(29)24-19-16-17-20(27-2)21(18-19)28-3/h16-18H,4-15H2,1-3H3,(H2,24,25,26,29). The largest absolute Gasteiger partial charge is 0.493 e. The minimum absolute atomic E-state index is 0.0427. The molecule has 0 spiro atoms. The first kappa shape index (κ1) is 25.2. The van der Waals surface area contributed by atoms with E-state index in [-0.39, 0.29) is 5.91 Å². The minimum atomic E-state index is -0.0427. The van der Waals surface area contributed by atoms with Gasteiger partial charge in [-0.2, -0.15) is 0 Å². The smallest absolute Gasteiger partial charge is 0.226 e. The van der Waals surface area contributed by atoms with Gasteiger partial charge in [0.15, 0.2) is 16.6 Å². The van der Waals surface area contributed by atoms with E-state index in [9.17, 15) is 4.79 Å². The number of carbonyl (C=O) groups excluding carboxylic acids is 1. The van der Waals surface area contributed by atoms with Gasteiger partial charge >= 0.3 is 0 Å². The number of hydrogen-bond donors (Lipinski definition) is 2. The van der Waals surface area contributed by atoms with Crippen molar-refractivity contribution in [2.45, 2.75) is 84.0 Å². The Bertz CT molecular complexity index is 608. The summed E-state index contributed by atoms with van der Waals surface area (Å²) in [7, 11) is 3.17. The maximum Gasteiger partial charge on any atom is 0.226 e. The lowest BCUT2D eigenvalue weighted by molar-refractivity contribution is -0.119. The highest BCUT2D eigenvalue weighted by molar-refractivity contribution is 7.80. The Hall–Kier alpha value is -1.82. The zero-order chi connectivity index (χ0) is 21.3. The summed E-state index contributed by atoms with van der Waals surface area (Å²) in [6.45, 7) is 2.25. The molecule has 0 aromatic heterocycles. The van der Waals surface area contributed by atoms with Crippen LogP contribution in [0.2, 0.25) is 0 Å². The number of methoxy groups -OCH3 is 2. The zero-order valence-corrected chi connectivity index (χ0v) is 19.2. The molecule has 0 unspecified atom stereocenters. The molecule has 164 valence electrons. The molecule has 0 atom stereocenters. The fourth-order valence-corrected chi connectivity index (χ4v) is 3.45. The van der Waals surface area contributed by atoms with E-state index in [0.717, 1.165) is 18.5 Å². The average Bonchev–Trinajstić information content (AvgIpc) is 2.71. The number of amides is 1. The maximum absolute atomic E-state index is 12.0. The van der Waals surface area contributed by atoms with Crippen LogP contribution in [0, 0.1) is 0 Å². The molecule has 0 saturated heterocycles. The van der Waals surface area contributed by atoms with Gasteiger partial charge in [0.1, 0.15) is 0 Å². The van der Waals surface area contributed by atoms with Crippen LogP contribution in [0.15, 0.2) is 18.2 Å². The first-order valence-electron chi connectivity index (χ1n) is 10.9. The molecule has 0 aliphatic carbocycles. The number of ether oxygens (including phenoxy) is 2. The predicted octanol–water partition coefficient (Wildman–Crippen LogP) is 6.22. The fourth-order valence-electron chi connectivity index (χ4n) is 3.22. The van der Waals surface area contributed by atoms with Crippen molar-refractivity contribution in [2.24, 2.45) is 0 Å². The highest BCUT2D eigenvalue weighted by Crippen LogP contribution is 2.29. The van der Waals surface area contributed by atoms with Gasteiger partial charge in [0.2, 0.25) is 5.91 Å². The molecule has 0 aliphatic rings. The second kappa shape index (κ2) is 16.0. The third-order valence-corrected chi connectivity index (χ3v) is 5.11. The van der Waals surface area contributed by atoms with Crippen LogP contribution >= 0.6 is 12.2 Å². The van der Waals surface area contributed by atoms with Gasteiger partial charge in [0.25, 0.3) is 0 Å². The van der Waals surface area contributed by atoms with Crippen LogP contribution in [-0.4, -0.2) is 25.2 Å². The number of thiocarbonyl (C=S) groups is 1. The van der Waals surface area contributed by atoms with Gasteiger partial charge in [-0.15, -0.1) is 0 Å². The normalized spacial score (nSPS) is 10.4. The van der Waals surface area contributed by atoms with Crippen molar-refractivity contribution in [2.75, 3.05) is 19.5 Å². The fraction of sp³-hybridized carbons (Fsp3) is 0.652. The Kier molecular flexibility index (Phi) is 13.9. The molecular weight excluding hydrogens is 384 g/mol. The Morgan fingerprint density at radius 3 is 1.97 bits per heavy atom. The van der Waals surface area contributed by atoms with Crippen molar-refractivity contribution >= 4 is 28.9 Å². The molecule has 29 heavy (non-hydrogen) atoms. The zero-order valence-electron chi connectivity index (χ0n) is 18.4. The summed E-state index contributed by atoms with van der Waals surface area (Å²) in [4.78, 5) is 12.0. The van der Waals surface area contributed by atoms with E-state index in [4.69, 9.17) is 21.7 Å².